The minimum atomic E-state index is -0.452. The molecule has 0 bridgehead atoms. The Labute approximate surface area is 152 Å². The van der Waals surface area contributed by atoms with E-state index < -0.39 is 4.92 Å². The maximum atomic E-state index is 12.3. The summed E-state index contributed by atoms with van der Waals surface area (Å²) in [6.45, 7) is 4.58. The number of rotatable bonds is 7. The largest absolute Gasteiger partial charge is 0.492 e. The van der Waals surface area contributed by atoms with E-state index in [1.54, 1.807) is 26.1 Å². The van der Waals surface area contributed by atoms with Crippen LogP contribution in [0.3, 0.4) is 0 Å². The smallest absolute Gasteiger partial charge is 0.317 e. The van der Waals surface area contributed by atoms with E-state index in [4.69, 9.17) is 4.74 Å². The SMILES string of the molecule is Cc1ccc(OCCN(C)C(=O)NC(C)c2cccc([N+](=O)[O-])c2)cc1. The Hall–Kier alpha value is -3.09. The molecule has 2 amide bonds. The summed E-state index contributed by atoms with van der Waals surface area (Å²) in [5.74, 6) is 0.759. The Balaban J connectivity index is 1.83. The highest BCUT2D eigenvalue weighted by Gasteiger charge is 2.15. The van der Waals surface area contributed by atoms with Crippen LogP contribution in [0, 0.1) is 17.0 Å². The molecule has 7 nitrogen and oxygen atoms in total. The van der Waals surface area contributed by atoms with Crippen molar-refractivity contribution in [1.29, 1.82) is 0 Å². The van der Waals surface area contributed by atoms with Crippen molar-refractivity contribution in [3.63, 3.8) is 0 Å². The van der Waals surface area contributed by atoms with Gasteiger partial charge in [0.15, 0.2) is 0 Å². The molecular weight excluding hydrogens is 334 g/mol. The lowest BCUT2D eigenvalue weighted by Gasteiger charge is -2.21. The van der Waals surface area contributed by atoms with Crippen molar-refractivity contribution in [2.75, 3.05) is 20.2 Å². The van der Waals surface area contributed by atoms with Gasteiger partial charge in [-0.15, -0.1) is 0 Å². The molecule has 0 aliphatic heterocycles. The van der Waals surface area contributed by atoms with Crippen LogP contribution in [0.15, 0.2) is 48.5 Å². The van der Waals surface area contributed by atoms with Gasteiger partial charge in [-0.3, -0.25) is 10.1 Å². The van der Waals surface area contributed by atoms with Gasteiger partial charge in [-0.05, 0) is 31.5 Å². The second kappa shape index (κ2) is 8.84. The number of nitro benzene ring substituents is 1. The Morgan fingerprint density at radius 3 is 2.62 bits per heavy atom. The van der Waals surface area contributed by atoms with Crippen molar-refractivity contribution in [3.05, 3.63) is 69.8 Å². The Morgan fingerprint density at radius 1 is 1.27 bits per heavy atom. The molecule has 7 heteroatoms. The number of likely N-dealkylation sites (N-methyl/N-ethyl adjacent to an activating group) is 1. The molecule has 0 heterocycles. The van der Waals surface area contributed by atoms with Gasteiger partial charge < -0.3 is 15.0 Å². The van der Waals surface area contributed by atoms with Crippen molar-refractivity contribution < 1.29 is 14.5 Å². The fraction of sp³-hybridized carbons (Fsp3) is 0.316. The number of hydrogen-bond donors (Lipinski definition) is 1. The van der Waals surface area contributed by atoms with Gasteiger partial charge in [0.05, 0.1) is 17.5 Å². The number of carbonyl (C=O) groups excluding carboxylic acids is 1. The summed E-state index contributed by atoms with van der Waals surface area (Å²) in [4.78, 5) is 24.2. The first-order valence-corrected chi connectivity index (χ1v) is 8.32. The van der Waals surface area contributed by atoms with Crippen LogP contribution in [0.4, 0.5) is 10.5 Å². The van der Waals surface area contributed by atoms with Gasteiger partial charge in [0.25, 0.3) is 5.69 Å². The summed E-state index contributed by atoms with van der Waals surface area (Å²) in [7, 11) is 1.67. The number of ether oxygens (including phenoxy) is 1. The van der Waals surface area contributed by atoms with Crippen LogP contribution in [0.25, 0.3) is 0 Å². The van der Waals surface area contributed by atoms with Crippen LogP contribution < -0.4 is 10.1 Å². The van der Waals surface area contributed by atoms with Crippen LogP contribution in [-0.4, -0.2) is 36.1 Å². The summed E-state index contributed by atoms with van der Waals surface area (Å²) >= 11 is 0. The standard InChI is InChI=1S/C19H23N3O4/c1-14-7-9-18(10-8-14)26-12-11-21(3)19(23)20-15(2)16-5-4-6-17(13-16)22(24)25/h4-10,13,15H,11-12H2,1-3H3,(H,20,23). The number of nitrogens with one attached hydrogen (secondary N) is 1. The van der Waals surface area contributed by atoms with E-state index in [0.29, 0.717) is 18.7 Å². The molecule has 0 spiro atoms. The Morgan fingerprint density at radius 2 is 1.96 bits per heavy atom. The monoisotopic (exact) mass is 357 g/mol. The molecule has 2 aromatic carbocycles. The lowest BCUT2D eigenvalue weighted by molar-refractivity contribution is -0.384. The fourth-order valence-corrected chi connectivity index (χ4v) is 2.32. The average Bonchev–Trinajstić information content (AvgIpc) is 2.63. The molecule has 138 valence electrons. The number of benzene rings is 2. The molecule has 2 rings (SSSR count). The molecule has 0 aliphatic rings. The van der Waals surface area contributed by atoms with Crippen molar-refractivity contribution in [2.24, 2.45) is 0 Å². The number of nitro groups is 1. The molecule has 1 N–H and O–H groups in total. The third-order valence-corrected chi connectivity index (χ3v) is 3.98. The molecule has 0 saturated carbocycles. The van der Waals surface area contributed by atoms with Gasteiger partial charge in [0.1, 0.15) is 12.4 Å². The molecule has 26 heavy (non-hydrogen) atoms. The van der Waals surface area contributed by atoms with E-state index in [9.17, 15) is 14.9 Å². The fourth-order valence-electron chi connectivity index (χ4n) is 2.32. The van der Waals surface area contributed by atoms with Gasteiger partial charge in [-0.1, -0.05) is 29.8 Å². The van der Waals surface area contributed by atoms with E-state index in [2.05, 4.69) is 5.32 Å². The molecule has 1 unspecified atom stereocenters. The van der Waals surface area contributed by atoms with Crippen LogP contribution >= 0.6 is 0 Å². The van der Waals surface area contributed by atoms with E-state index in [1.807, 2.05) is 31.2 Å². The zero-order valence-electron chi connectivity index (χ0n) is 15.1. The molecule has 0 aromatic heterocycles. The van der Waals surface area contributed by atoms with Crippen LogP contribution in [0.2, 0.25) is 0 Å². The first kappa shape index (κ1) is 19.2. The lowest BCUT2D eigenvalue weighted by atomic mass is 10.1. The topological polar surface area (TPSA) is 84.7 Å². The van der Waals surface area contributed by atoms with E-state index in [1.165, 1.54) is 17.0 Å². The summed E-state index contributed by atoms with van der Waals surface area (Å²) in [5.41, 5.74) is 1.84. The molecule has 0 fully saturated rings. The number of amides is 2. The second-order valence-corrected chi connectivity index (χ2v) is 6.11. The highest BCUT2D eigenvalue weighted by Crippen LogP contribution is 2.19. The second-order valence-electron chi connectivity index (χ2n) is 6.11. The van der Waals surface area contributed by atoms with Crippen LogP contribution in [0.5, 0.6) is 5.75 Å². The lowest BCUT2D eigenvalue weighted by Crippen LogP contribution is -2.40. The molecule has 0 saturated heterocycles. The zero-order chi connectivity index (χ0) is 19.1. The quantitative estimate of drug-likeness (QED) is 0.605. The van der Waals surface area contributed by atoms with Crippen LogP contribution in [0.1, 0.15) is 24.1 Å². The summed E-state index contributed by atoms with van der Waals surface area (Å²) in [5, 5.41) is 13.7. The Kier molecular flexibility index (Phi) is 6.54. The third-order valence-electron chi connectivity index (χ3n) is 3.98. The van der Waals surface area contributed by atoms with Crippen LogP contribution in [-0.2, 0) is 0 Å². The number of urea groups is 1. The summed E-state index contributed by atoms with van der Waals surface area (Å²) in [6.07, 6.45) is 0. The zero-order valence-corrected chi connectivity index (χ0v) is 15.1. The van der Waals surface area contributed by atoms with Gasteiger partial charge in [0, 0.05) is 19.2 Å². The van der Waals surface area contributed by atoms with E-state index in [0.717, 1.165) is 11.3 Å². The molecule has 0 radical (unpaired) electrons. The maximum Gasteiger partial charge on any atom is 0.317 e. The normalized spacial score (nSPS) is 11.5. The number of carbonyl (C=O) groups is 1. The summed E-state index contributed by atoms with van der Waals surface area (Å²) in [6, 6.07) is 13.3. The Bertz CT molecular complexity index is 762. The minimum absolute atomic E-state index is 0.00320. The average molecular weight is 357 g/mol. The molecular formula is C19H23N3O4. The molecule has 2 aromatic rings. The van der Waals surface area contributed by atoms with Gasteiger partial charge in [0.2, 0.25) is 0 Å². The number of hydrogen-bond acceptors (Lipinski definition) is 4. The van der Waals surface area contributed by atoms with Crippen molar-refractivity contribution in [3.8, 4) is 5.75 Å². The number of nitrogens with zero attached hydrogens (tertiary/aromatic N) is 2. The van der Waals surface area contributed by atoms with Gasteiger partial charge in [-0.2, -0.15) is 0 Å². The van der Waals surface area contributed by atoms with E-state index >= 15 is 0 Å². The van der Waals surface area contributed by atoms with Crippen molar-refractivity contribution in [1.82, 2.24) is 10.2 Å². The van der Waals surface area contributed by atoms with Crippen molar-refractivity contribution in [2.45, 2.75) is 19.9 Å². The highest BCUT2D eigenvalue weighted by atomic mass is 16.6. The maximum absolute atomic E-state index is 12.3. The van der Waals surface area contributed by atoms with Crippen molar-refractivity contribution >= 4 is 11.7 Å². The molecule has 1 atom stereocenters. The summed E-state index contributed by atoms with van der Waals surface area (Å²) < 4.78 is 5.62. The minimum Gasteiger partial charge on any atom is -0.492 e. The van der Waals surface area contributed by atoms with Gasteiger partial charge in [-0.25, -0.2) is 4.79 Å². The first-order valence-electron chi connectivity index (χ1n) is 8.32. The van der Waals surface area contributed by atoms with Gasteiger partial charge >= 0.3 is 6.03 Å². The highest BCUT2D eigenvalue weighted by molar-refractivity contribution is 5.74. The first-order chi connectivity index (χ1) is 12.4. The molecule has 0 aliphatic carbocycles. The third kappa shape index (κ3) is 5.47. The van der Waals surface area contributed by atoms with E-state index in [-0.39, 0.29) is 17.8 Å². The predicted octanol–water partition coefficient (Wildman–Crippen LogP) is 3.68. The number of non-ortho nitro benzene ring substituents is 1. The number of aryl methyl sites for hydroxylation is 1. The predicted molar refractivity (Wildman–Crippen MR) is 99.3 cm³/mol.